The maximum absolute atomic E-state index is 3.62. The molecule has 0 spiro atoms. The summed E-state index contributed by atoms with van der Waals surface area (Å²) < 4.78 is 0. The fraction of sp³-hybridized carbons (Fsp3) is 1.00. The Kier molecular flexibility index (Phi) is 4.66. The van der Waals surface area contributed by atoms with Gasteiger partial charge in [0.1, 0.15) is 0 Å². The summed E-state index contributed by atoms with van der Waals surface area (Å²) in [5, 5.41) is 3.62. The van der Waals surface area contributed by atoms with Crippen LogP contribution in [0, 0.1) is 11.8 Å². The van der Waals surface area contributed by atoms with Gasteiger partial charge in [0.15, 0.2) is 0 Å². The number of rotatable bonds is 5. The van der Waals surface area contributed by atoms with Crippen molar-refractivity contribution in [2.75, 3.05) is 26.2 Å². The van der Waals surface area contributed by atoms with Crippen molar-refractivity contribution in [1.82, 2.24) is 10.2 Å². The van der Waals surface area contributed by atoms with Gasteiger partial charge in [0, 0.05) is 12.6 Å². The van der Waals surface area contributed by atoms with Crippen LogP contribution >= 0.6 is 0 Å². The largest absolute Gasteiger partial charge is 0.314 e. The number of nitrogens with one attached hydrogen (secondary N) is 1. The monoisotopic (exact) mass is 224 g/mol. The summed E-state index contributed by atoms with van der Waals surface area (Å²) in [7, 11) is 0. The molecule has 1 heterocycles. The van der Waals surface area contributed by atoms with Gasteiger partial charge in [0.2, 0.25) is 0 Å². The summed E-state index contributed by atoms with van der Waals surface area (Å²) in [6, 6.07) is 0.768. The molecule has 1 N–H and O–H groups in total. The molecule has 2 fully saturated rings. The molecule has 16 heavy (non-hydrogen) atoms. The smallest absolute Gasteiger partial charge is 0.0117 e. The van der Waals surface area contributed by atoms with Crippen LogP contribution in [0.15, 0.2) is 0 Å². The van der Waals surface area contributed by atoms with Gasteiger partial charge in [-0.25, -0.2) is 0 Å². The van der Waals surface area contributed by atoms with Crippen LogP contribution in [0.4, 0.5) is 0 Å². The Labute approximate surface area is 101 Å². The molecule has 0 aromatic heterocycles. The average molecular weight is 224 g/mol. The molecule has 1 saturated carbocycles. The zero-order chi connectivity index (χ0) is 11.4. The normalized spacial score (nSPS) is 32.6. The lowest BCUT2D eigenvalue weighted by atomic mass is 9.82. The first-order chi connectivity index (χ1) is 7.79. The first-order valence-electron chi connectivity index (χ1n) is 7.25. The van der Waals surface area contributed by atoms with Crippen molar-refractivity contribution in [3.05, 3.63) is 0 Å². The van der Waals surface area contributed by atoms with E-state index in [0.29, 0.717) is 0 Å². The van der Waals surface area contributed by atoms with Crippen molar-refractivity contribution >= 4 is 0 Å². The van der Waals surface area contributed by atoms with Crippen molar-refractivity contribution < 1.29 is 0 Å². The summed E-state index contributed by atoms with van der Waals surface area (Å²) >= 11 is 0. The minimum absolute atomic E-state index is 0.768. The van der Waals surface area contributed by atoms with Crippen LogP contribution in [0.1, 0.15) is 46.0 Å². The van der Waals surface area contributed by atoms with Crippen molar-refractivity contribution in [2.24, 2.45) is 11.8 Å². The minimum Gasteiger partial charge on any atom is -0.314 e. The molecule has 0 radical (unpaired) electrons. The van der Waals surface area contributed by atoms with E-state index < -0.39 is 0 Å². The van der Waals surface area contributed by atoms with E-state index in [1.165, 1.54) is 51.7 Å². The molecule has 0 bridgehead atoms. The predicted molar refractivity (Wildman–Crippen MR) is 69.6 cm³/mol. The number of likely N-dealkylation sites (tertiary alicyclic amines) is 1. The highest BCUT2D eigenvalue weighted by Gasteiger charge is 2.26. The standard InChI is InChI=1S/C14H28N2/c1-3-15-14-8-10-16(11-12(14)2)9-7-13-5-4-6-13/h12-15H,3-11H2,1-2H3. The Balaban J connectivity index is 1.65. The number of hydrogen-bond acceptors (Lipinski definition) is 2. The van der Waals surface area contributed by atoms with Crippen molar-refractivity contribution in [3.63, 3.8) is 0 Å². The average Bonchev–Trinajstić information content (AvgIpc) is 2.20. The first kappa shape index (κ1) is 12.4. The summed E-state index contributed by atoms with van der Waals surface area (Å²) in [5.41, 5.74) is 0. The van der Waals surface area contributed by atoms with Gasteiger partial charge in [-0.3, -0.25) is 0 Å². The van der Waals surface area contributed by atoms with E-state index in [1.807, 2.05) is 0 Å². The van der Waals surface area contributed by atoms with Gasteiger partial charge >= 0.3 is 0 Å². The molecule has 0 aromatic rings. The Morgan fingerprint density at radius 2 is 2.06 bits per heavy atom. The number of hydrogen-bond donors (Lipinski definition) is 1. The molecule has 2 heteroatoms. The summed E-state index contributed by atoms with van der Waals surface area (Å²) in [6.45, 7) is 9.72. The summed E-state index contributed by atoms with van der Waals surface area (Å²) in [4.78, 5) is 2.69. The zero-order valence-electron chi connectivity index (χ0n) is 11.0. The van der Waals surface area contributed by atoms with Crippen LogP contribution in [0.3, 0.4) is 0 Å². The SMILES string of the molecule is CCNC1CCN(CCC2CCC2)CC1C. The van der Waals surface area contributed by atoms with E-state index >= 15 is 0 Å². The highest BCUT2D eigenvalue weighted by molar-refractivity contribution is 4.83. The fourth-order valence-electron chi connectivity index (χ4n) is 3.15. The van der Waals surface area contributed by atoms with Crippen LogP contribution in [0.5, 0.6) is 0 Å². The lowest BCUT2D eigenvalue weighted by Crippen LogP contribution is -2.48. The summed E-state index contributed by atoms with van der Waals surface area (Å²) in [6.07, 6.45) is 7.30. The van der Waals surface area contributed by atoms with E-state index in [1.54, 1.807) is 0 Å². The zero-order valence-corrected chi connectivity index (χ0v) is 11.0. The molecule has 0 amide bonds. The number of piperidine rings is 1. The second-order valence-electron chi connectivity index (χ2n) is 5.82. The Bertz CT molecular complexity index is 201. The van der Waals surface area contributed by atoms with Crippen LogP contribution in [0.25, 0.3) is 0 Å². The topological polar surface area (TPSA) is 15.3 Å². The van der Waals surface area contributed by atoms with Crippen LogP contribution in [0.2, 0.25) is 0 Å². The maximum Gasteiger partial charge on any atom is 0.0117 e. The molecular weight excluding hydrogens is 196 g/mol. The first-order valence-corrected chi connectivity index (χ1v) is 7.25. The van der Waals surface area contributed by atoms with Crippen molar-refractivity contribution in [1.29, 1.82) is 0 Å². The third kappa shape index (κ3) is 3.21. The van der Waals surface area contributed by atoms with Gasteiger partial charge in [-0.15, -0.1) is 0 Å². The molecule has 2 nitrogen and oxygen atoms in total. The van der Waals surface area contributed by atoms with Gasteiger partial charge in [-0.05, 0) is 44.3 Å². The molecule has 94 valence electrons. The molecule has 2 unspecified atom stereocenters. The fourth-order valence-corrected chi connectivity index (χ4v) is 3.15. The van der Waals surface area contributed by atoms with Gasteiger partial charge in [-0.1, -0.05) is 33.1 Å². The molecular formula is C14H28N2. The Morgan fingerprint density at radius 3 is 2.62 bits per heavy atom. The van der Waals surface area contributed by atoms with E-state index in [9.17, 15) is 0 Å². The van der Waals surface area contributed by atoms with Crippen molar-refractivity contribution in [2.45, 2.75) is 52.0 Å². The highest BCUT2D eigenvalue weighted by Crippen LogP contribution is 2.30. The third-order valence-corrected chi connectivity index (χ3v) is 4.53. The molecule has 2 atom stereocenters. The molecule has 1 aliphatic carbocycles. The molecule has 1 saturated heterocycles. The highest BCUT2D eigenvalue weighted by atomic mass is 15.1. The van der Waals surface area contributed by atoms with Gasteiger partial charge < -0.3 is 10.2 Å². The summed E-state index contributed by atoms with van der Waals surface area (Å²) in [5.74, 6) is 1.90. The quantitative estimate of drug-likeness (QED) is 0.772. The lowest BCUT2D eigenvalue weighted by molar-refractivity contribution is 0.132. The number of nitrogens with zero attached hydrogens (tertiary/aromatic N) is 1. The van der Waals surface area contributed by atoms with Crippen LogP contribution in [-0.2, 0) is 0 Å². The Morgan fingerprint density at radius 1 is 1.25 bits per heavy atom. The van der Waals surface area contributed by atoms with Gasteiger partial charge in [-0.2, -0.15) is 0 Å². The molecule has 2 aliphatic rings. The van der Waals surface area contributed by atoms with E-state index in [4.69, 9.17) is 0 Å². The third-order valence-electron chi connectivity index (χ3n) is 4.53. The van der Waals surface area contributed by atoms with E-state index in [2.05, 4.69) is 24.1 Å². The van der Waals surface area contributed by atoms with Gasteiger partial charge in [0.25, 0.3) is 0 Å². The molecule has 0 aromatic carbocycles. The second-order valence-corrected chi connectivity index (χ2v) is 5.82. The minimum atomic E-state index is 0.768. The molecule has 1 aliphatic heterocycles. The second kappa shape index (κ2) is 6.02. The lowest BCUT2D eigenvalue weighted by Gasteiger charge is -2.38. The van der Waals surface area contributed by atoms with E-state index in [0.717, 1.165) is 24.4 Å². The Hall–Kier alpha value is -0.0800. The van der Waals surface area contributed by atoms with Crippen molar-refractivity contribution in [3.8, 4) is 0 Å². The van der Waals surface area contributed by atoms with Gasteiger partial charge in [0.05, 0.1) is 0 Å². The van der Waals surface area contributed by atoms with Crippen LogP contribution < -0.4 is 5.32 Å². The predicted octanol–water partition coefficient (Wildman–Crippen LogP) is 2.50. The van der Waals surface area contributed by atoms with Crippen LogP contribution in [-0.4, -0.2) is 37.1 Å². The molecule has 2 rings (SSSR count). The van der Waals surface area contributed by atoms with E-state index in [-0.39, 0.29) is 0 Å². The maximum atomic E-state index is 3.62.